The van der Waals surface area contributed by atoms with Crippen molar-refractivity contribution in [3.05, 3.63) is 23.9 Å². The number of nitrogens with one attached hydrogen (secondary N) is 1. The molecule has 0 unspecified atom stereocenters. The van der Waals surface area contributed by atoms with Crippen LogP contribution in [0, 0.1) is 18.3 Å². The summed E-state index contributed by atoms with van der Waals surface area (Å²) in [5, 5.41) is 3.38. The summed E-state index contributed by atoms with van der Waals surface area (Å²) in [6.45, 7) is 5.72. The number of anilines is 1. The number of aromatic nitrogens is 1. The summed E-state index contributed by atoms with van der Waals surface area (Å²) in [6.07, 6.45) is 9.28. The van der Waals surface area contributed by atoms with Gasteiger partial charge in [0.05, 0.1) is 12.2 Å². The van der Waals surface area contributed by atoms with Crippen molar-refractivity contribution < 1.29 is 0 Å². The van der Waals surface area contributed by atoms with Crippen LogP contribution < -0.4 is 10.2 Å². The fourth-order valence-corrected chi connectivity index (χ4v) is 2.10. The molecule has 0 aliphatic heterocycles. The molecule has 0 radical (unpaired) electrons. The summed E-state index contributed by atoms with van der Waals surface area (Å²) in [5.41, 5.74) is 1.09. The predicted octanol–water partition coefficient (Wildman–Crippen LogP) is 2.43. The molecule has 0 spiro atoms. The van der Waals surface area contributed by atoms with Crippen LogP contribution in [0.5, 0.6) is 0 Å². The summed E-state index contributed by atoms with van der Waals surface area (Å²) in [6, 6.07) is 6.20. The van der Waals surface area contributed by atoms with Gasteiger partial charge in [-0.05, 0) is 43.9 Å². The third-order valence-electron chi connectivity index (χ3n) is 3.31. The summed E-state index contributed by atoms with van der Waals surface area (Å²) in [4.78, 5) is 6.94. The molecule has 102 valence electrons. The number of hydrogen-bond acceptors (Lipinski definition) is 3. The molecular weight excluding hydrogens is 234 g/mol. The van der Waals surface area contributed by atoms with Crippen molar-refractivity contribution in [3.63, 3.8) is 0 Å². The molecule has 0 atom stereocenters. The van der Waals surface area contributed by atoms with Gasteiger partial charge in [0.25, 0.3) is 0 Å². The summed E-state index contributed by atoms with van der Waals surface area (Å²) in [7, 11) is 0. The molecule has 1 fully saturated rings. The Kier molecular flexibility index (Phi) is 5.23. The second-order valence-corrected chi connectivity index (χ2v) is 5.19. The topological polar surface area (TPSA) is 28.2 Å². The van der Waals surface area contributed by atoms with E-state index in [4.69, 9.17) is 11.4 Å². The molecule has 0 amide bonds. The van der Waals surface area contributed by atoms with Gasteiger partial charge in [0.2, 0.25) is 0 Å². The maximum atomic E-state index is 5.47. The van der Waals surface area contributed by atoms with Gasteiger partial charge in [-0.25, -0.2) is 4.98 Å². The van der Waals surface area contributed by atoms with E-state index >= 15 is 0 Å². The van der Waals surface area contributed by atoms with Crippen LogP contribution in [0.3, 0.4) is 0 Å². The van der Waals surface area contributed by atoms with Gasteiger partial charge in [-0.15, -0.1) is 6.42 Å². The third-order valence-corrected chi connectivity index (χ3v) is 3.31. The molecule has 0 aromatic carbocycles. The highest BCUT2D eigenvalue weighted by atomic mass is 15.2. The molecule has 1 N–H and O–H groups in total. The first-order chi connectivity index (χ1) is 9.33. The zero-order valence-corrected chi connectivity index (χ0v) is 11.7. The molecule has 1 aromatic rings. The first-order valence-electron chi connectivity index (χ1n) is 7.18. The lowest BCUT2D eigenvalue weighted by molar-refractivity contribution is 0.662. The maximum Gasteiger partial charge on any atom is 0.129 e. The Morgan fingerprint density at radius 2 is 2.32 bits per heavy atom. The number of terminal acetylenes is 1. The SMILES string of the molecule is C#CCN(CC1CC1)c1cccc(CNCCC)n1. The predicted molar refractivity (Wildman–Crippen MR) is 80.0 cm³/mol. The lowest BCUT2D eigenvalue weighted by Crippen LogP contribution is -2.27. The lowest BCUT2D eigenvalue weighted by atomic mass is 10.3. The maximum absolute atomic E-state index is 5.47. The van der Waals surface area contributed by atoms with E-state index in [0.29, 0.717) is 6.54 Å². The minimum atomic E-state index is 0.648. The smallest absolute Gasteiger partial charge is 0.129 e. The van der Waals surface area contributed by atoms with E-state index in [0.717, 1.165) is 43.5 Å². The normalized spacial score (nSPS) is 14.1. The summed E-state index contributed by atoms with van der Waals surface area (Å²) < 4.78 is 0. The molecule has 3 heteroatoms. The van der Waals surface area contributed by atoms with Gasteiger partial charge in [0.1, 0.15) is 5.82 Å². The fourth-order valence-electron chi connectivity index (χ4n) is 2.10. The molecule has 19 heavy (non-hydrogen) atoms. The molecule has 2 rings (SSSR count). The number of pyridine rings is 1. The van der Waals surface area contributed by atoms with E-state index in [-0.39, 0.29) is 0 Å². The molecule has 1 saturated carbocycles. The average molecular weight is 257 g/mol. The van der Waals surface area contributed by atoms with Gasteiger partial charge >= 0.3 is 0 Å². The minimum Gasteiger partial charge on any atom is -0.345 e. The molecule has 1 heterocycles. The Hall–Kier alpha value is -1.53. The van der Waals surface area contributed by atoms with E-state index in [2.05, 4.69) is 41.3 Å². The van der Waals surface area contributed by atoms with E-state index in [1.54, 1.807) is 0 Å². The second-order valence-electron chi connectivity index (χ2n) is 5.19. The molecule has 1 aromatic heterocycles. The van der Waals surface area contributed by atoms with Crippen molar-refractivity contribution in [2.24, 2.45) is 5.92 Å². The number of hydrogen-bond donors (Lipinski definition) is 1. The van der Waals surface area contributed by atoms with Crippen LogP contribution in [-0.2, 0) is 6.54 Å². The highest BCUT2D eigenvalue weighted by Crippen LogP contribution is 2.30. The minimum absolute atomic E-state index is 0.648. The standard InChI is InChI=1S/C16H23N3/c1-3-10-17-12-15-6-5-7-16(18-15)19(11-4-2)13-14-8-9-14/h2,5-7,14,17H,3,8-13H2,1H3. The second kappa shape index (κ2) is 7.16. The summed E-state index contributed by atoms with van der Waals surface area (Å²) >= 11 is 0. The van der Waals surface area contributed by atoms with Crippen molar-refractivity contribution in [3.8, 4) is 12.3 Å². The zero-order chi connectivity index (χ0) is 13.5. The molecule has 1 aliphatic rings. The van der Waals surface area contributed by atoms with E-state index in [1.807, 2.05) is 0 Å². The largest absolute Gasteiger partial charge is 0.345 e. The first kappa shape index (κ1) is 13.9. The third kappa shape index (κ3) is 4.57. The average Bonchev–Trinajstić information content (AvgIpc) is 3.23. The fraction of sp³-hybridized carbons (Fsp3) is 0.562. The number of rotatable bonds is 8. The van der Waals surface area contributed by atoms with Crippen LogP contribution in [0.15, 0.2) is 18.2 Å². The number of nitrogens with zero attached hydrogens (tertiary/aromatic N) is 2. The van der Waals surface area contributed by atoms with Crippen molar-refractivity contribution in [1.29, 1.82) is 0 Å². The van der Waals surface area contributed by atoms with Gasteiger partial charge in [-0.2, -0.15) is 0 Å². The zero-order valence-electron chi connectivity index (χ0n) is 11.7. The van der Waals surface area contributed by atoms with Crippen LogP contribution in [0.4, 0.5) is 5.82 Å². The van der Waals surface area contributed by atoms with Crippen LogP contribution >= 0.6 is 0 Å². The molecular formula is C16H23N3. The molecule has 1 aliphatic carbocycles. The van der Waals surface area contributed by atoms with Gasteiger partial charge in [0.15, 0.2) is 0 Å². The van der Waals surface area contributed by atoms with Gasteiger partial charge < -0.3 is 10.2 Å². The Balaban J connectivity index is 1.99. The van der Waals surface area contributed by atoms with Gasteiger partial charge in [-0.1, -0.05) is 18.9 Å². The lowest BCUT2D eigenvalue weighted by Gasteiger charge is -2.21. The Labute approximate surface area is 116 Å². The Morgan fingerprint density at radius 3 is 3.00 bits per heavy atom. The van der Waals surface area contributed by atoms with Gasteiger partial charge in [-0.3, -0.25) is 0 Å². The Bertz CT molecular complexity index is 432. The quantitative estimate of drug-likeness (QED) is 0.572. The Morgan fingerprint density at radius 1 is 1.47 bits per heavy atom. The van der Waals surface area contributed by atoms with Crippen LogP contribution in [-0.4, -0.2) is 24.6 Å². The van der Waals surface area contributed by atoms with E-state index in [9.17, 15) is 0 Å². The van der Waals surface area contributed by atoms with Crippen LogP contribution in [0.1, 0.15) is 31.9 Å². The van der Waals surface area contributed by atoms with Crippen molar-refractivity contribution in [2.75, 3.05) is 24.5 Å². The molecule has 0 bridgehead atoms. The monoisotopic (exact) mass is 257 g/mol. The first-order valence-corrected chi connectivity index (χ1v) is 7.18. The van der Waals surface area contributed by atoms with Crippen molar-refractivity contribution >= 4 is 5.82 Å². The highest BCUT2D eigenvalue weighted by Gasteiger charge is 2.24. The highest BCUT2D eigenvalue weighted by molar-refractivity contribution is 5.41. The van der Waals surface area contributed by atoms with E-state index in [1.165, 1.54) is 12.8 Å². The molecule has 0 saturated heterocycles. The van der Waals surface area contributed by atoms with E-state index < -0.39 is 0 Å². The summed E-state index contributed by atoms with van der Waals surface area (Å²) in [5.74, 6) is 4.57. The van der Waals surface area contributed by atoms with Gasteiger partial charge in [0, 0.05) is 13.1 Å². The van der Waals surface area contributed by atoms with Crippen LogP contribution in [0.25, 0.3) is 0 Å². The van der Waals surface area contributed by atoms with Crippen molar-refractivity contribution in [1.82, 2.24) is 10.3 Å². The van der Waals surface area contributed by atoms with Crippen LogP contribution in [0.2, 0.25) is 0 Å². The van der Waals surface area contributed by atoms with Crippen molar-refractivity contribution in [2.45, 2.75) is 32.7 Å². The molecule has 3 nitrogen and oxygen atoms in total.